The van der Waals surface area contributed by atoms with Crippen LogP contribution in [-0.2, 0) is 0 Å². The lowest BCUT2D eigenvalue weighted by atomic mass is 10.5. The van der Waals surface area contributed by atoms with Crippen LogP contribution in [0.4, 0.5) is 0 Å². The van der Waals surface area contributed by atoms with E-state index in [-0.39, 0.29) is 0 Å². The third-order valence-electron chi connectivity index (χ3n) is 5.36. The Balaban J connectivity index is 4.66. The Labute approximate surface area is 147 Å². The minimum Gasteiger partial charge on any atom is -0.432 e. The summed E-state index contributed by atoms with van der Waals surface area (Å²) in [7, 11) is -2.16. The van der Waals surface area contributed by atoms with Gasteiger partial charge in [-0.15, -0.1) is 0 Å². The van der Waals surface area contributed by atoms with Gasteiger partial charge in [-0.25, -0.2) is 0 Å². The first kappa shape index (κ1) is 23.1. The molecule has 0 fully saturated rings. The predicted molar refractivity (Wildman–Crippen MR) is 106 cm³/mol. The Bertz CT molecular complexity index is 226. The highest BCUT2D eigenvalue weighted by molar-refractivity contribution is 6.72. The van der Waals surface area contributed by atoms with Gasteiger partial charge in [0.25, 0.3) is 0 Å². The molecule has 0 aromatic rings. The fourth-order valence-electron chi connectivity index (χ4n) is 3.09. The van der Waals surface area contributed by atoms with Crippen LogP contribution in [0.25, 0.3) is 0 Å². The van der Waals surface area contributed by atoms with Gasteiger partial charge >= 0.3 is 0 Å². The van der Waals surface area contributed by atoms with Crippen LogP contribution in [0.5, 0.6) is 0 Å². The lowest BCUT2D eigenvalue weighted by Crippen LogP contribution is -2.44. The van der Waals surface area contributed by atoms with Crippen LogP contribution in [0, 0.1) is 0 Å². The molecule has 0 heterocycles. The molecule has 0 aliphatic rings. The van der Waals surface area contributed by atoms with Gasteiger partial charge in [-0.05, 0) is 77.0 Å². The Kier molecular flexibility index (Phi) is 13.4. The second kappa shape index (κ2) is 13.4. The maximum Gasteiger partial charge on any atom is 0.192 e. The van der Waals surface area contributed by atoms with Crippen LogP contribution in [0.1, 0.15) is 41.5 Å². The average Bonchev–Trinajstić information content (AvgIpc) is 2.57. The third kappa shape index (κ3) is 9.82. The highest BCUT2D eigenvalue weighted by Crippen LogP contribution is 2.20. The molecule has 0 aromatic heterocycles. The molecule has 0 rings (SSSR count). The first-order valence-electron chi connectivity index (χ1n) is 9.87. The van der Waals surface area contributed by atoms with Gasteiger partial charge in [0.1, 0.15) is 0 Å². The molecule has 0 unspecified atom stereocenters. The Morgan fingerprint density at radius 1 is 0.522 bits per heavy atom. The van der Waals surface area contributed by atoms with Crippen LogP contribution in [0.15, 0.2) is 0 Å². The normalized spacial score (nSPS) is 12.8. The van der Waals surface area contributed by atoms with E-state index >= 15 is 0 Å². The van der Waals surface area contributed by atoms with E-state index in [0.29, 0.717) is 0 Å². The van der Waals surface area contributed by atoms with Crippen molar-refractivity contribution < 1.29 is 4.80 Å². The molecule has 23 heavy (non-hydrogen) atoms. The van der Waals surface area contributed by atoms with Crippen molar-refractivity contribution in [2.45, 2.75) is 59.7 Å². The van der Waals surface area contributed by atoms with E-state index in [4.69, 9.17) is 0 Å². The summed E-state index contributed by atoms with van der Waals surface area (Å²) in [4.78, 5) is 18.7. The Morgan fingerprint density at radius 2 is 0.739 bits per heavy atom. The van der Waals surface area contributed by atoms with E-state index in [1.54, 1.807) is 0 Å². The maximum absolute atomic E-state index is 11.4. The smallest absolute Gasteiger partial charge is 0.192 e. The fourth-order valence-corrected chi connectivity index (χ4v) is 6.04. The Hall–Kier alpha value is 0.0569. The summed E-state index contributed by atoms with van der Waals surface area (Å²) in [6.07, 6.45) is 0. The number of hydrogen-bond donors (Lipinski definition) is 1. The lowest BCUT2D eigenvalue weighted by molar-refractivity contribution is 0.294. The molecule has 0 amide bonds. The molecule has 0 saturated heterocycles. The van der Waals surface area contributed by atoms with Gasteiger partial charge in [-0.1, -0.05) is 41.5 Å². The first-order valence-corrected chi connectivity index (χ1v) is 12.4. The van der Waals surface area contributed by atoms with Crippen molar-refractivity contribution in [1.29, 1.82) is 0 Å². The predicted octanol–water partition coefficient (Wildman–Crippen LogP) is 2.95. The molecule has 0 atom stereocenters. The van der Waals surface area contributed by atoms with Crippen molar-refractivity contribution in [3.05, 3.63) is 0 Å². The van der Waals surface area contributed by atoms with Crippen molar-refractivity contribution in [2.24, 2.45) is 0 Å². The standard InChI is InChI=1S/C18H43N3OSi/c1-7-19(8-2)13-16-23(22,17-14-20(9-3)10-4)18-15-21(11-5)12-6/h22H,7-18H2,1-6H3. The largest absolute Gasteiger partial charge is 0.432 e. The van der Waals surface area contributed by atoms with Crippen LogP contribution < -0.4 is 0 Å². The van der Waals surface area contributed by atoms with E-state index in [0.717, 1.165) is 77.0 Å². The summed E-state index contributed by atoms with van der Waals surface area (Å²) < 4.78 is 0. The van der Waals surface area contributed by atoms with Crippen LogP contribution in [-0.4, -0.2) is 86.7 Å². The van der Waals surface area contributed by atoms with Gasteiger partial charge in [0.15, 0.2) is 8.32 Å². The molecule has 0 spiro atoms. The van der Waals surface area contributed by atoms with Gasteiger partial charge in [-0.2, -0.15) is 0 Å². The molecule has 4 nitrogen and oxygen atoms in total. The molecule has 0 radical (unpaired) electrons. The van der Waals surface area contributed by atoms with Crippen LogP contribution in [0.2, 0.25) is 18.1 Å². The number of rotatable bonds is 15. The van der Waals surface area contributed by atoms with Gasteiger partial charge in [0, 0.05) is 0 Å². The SMILES string of the molecule is CCN(CC)CC[Si](O)(CCN(CC)CC)CCN(CC)CC. The van der Waals surface area contributed by atoms with Crippen molar-refractivity contribution in [2.75, 3.05) is 58.9 Å². The van der Waals surface area contributed by atoms with Crippen LogP contribution in [0.3, 0.4) is 0 Å². The minimum atomic E-state index is -2.16. The zero-order valence-corrected chi connectivity index (χ0v) is 17.8. The minimum absolute atomic E-state index is 1.03. The summed E-state index contributed by atoms with van der Waals surface area (Å²) in [5, 5.41) is 0. The molecule has 140 valence electrons. The summed E-state index contributed by atoms with van der Waals surface area (Å²) >= 11 is 0. The van der Waals surface area contributed by atoms with E-state index in [1.165, 1.54) is 0 Å². The molecule has 1 N–H and O–H groups in total. The van der Waals surface area contributed by atoms with Gasteiger partial charge in [-0.3, -0.25) is 0 Å². The van der Waals surface area contributed by atoms with E-state index in [1.807, 2.05) is 0 Å². The van der Waals surface area contributed by atoms with Crippen molar-refractivity contribution in [1.82, 2.24) is 14.7 Å². The molecule has 5 heteroatoms. The average molecular weight is 346 g/mol. The fraction of sp³-hybridized carbons (Fsp3) is 1.00. The molecule has 0 aliphatic carbocycles. The second-order valence-corrected chi connectivity index (χ2v) is 10.5. The maximum atomic E-state index is 11.4. The lowest BCUT2D eigenvalue weighted by Gasteiger charge is -2.32. The van der Waals surface area contributed by atoms with Gasteiger partial charge in [0.05, 0.1) is 0 Å². The van der Waals surface area contributed by atoms with Crippen molar-refractivity contribution >= 4 is 8.32 Å². The summed E-state index contributed by atoms with van der Waals surface area (Å²) in [6.45, 7) is 23.0. The zero-order valence-electron chi connectivity index (χ0n) is 16.8. The summed E-state index contributed by atoms with van der Waals surface area (Å²) in [5.41, 5.74) is 0. The van der Waals surface area contributed by atoms with Crippen molar-refractivity contribution in [3.63, 3.8) is 0 Å². The molecular formula is C18H43N3OSi. The summed E-state index contributed by atoms with van der Waals surface area (Å²) in [6, 6.07) is 3.08. The Morgan fingerprint density at radius 3 is 0.913 bits per heavy atom. The molecular weight excluding hydrogens is 302 g/mol. The monoisotopic (exact) mass is 345 g/mol. The van der Waals surface area contributed by atoms with Crippen molar-refractivity contribution in [3.8, 4) is 0 Å². The van der Waals surface area contributed by atoms with Gasteiger partial charge < -0.3 is 19.5 Å². The van der Waals surface area contributed by atoms with E-state index < -0.39 is 8.32 Å². The van der Waals surface area contributed by atoms with Crippen LogP contribution >= 0.6 is 0 Å². The molecule has 0 saturated carbocycles. The van der Waals surface area contributed by atoms with Gasteiger partial charge in [0.2, 0.25) is 0 Å². The number of nitrogens with zero attached hydrogens (tertiary/aromatic N) is 3. The number of hydrogen-bond acceptors (Lipinski definition) is 4. The molecule has 0 aromatic carbocycles. The topological polar surface area (TPSA) is 30.0 Å². The molecule has 0 bridgehead atoms. The highest BCUT2D eigenvalue weighted by Gasteiger charge is 2.31. The molecule has 0 aliphatic heterocycles. The second-order valence-electron chi connectivity index (χ2n) is 6.55. The quantitative estimate of drug-likeness (QED) is 0.462. The highest BCUT2D eigenvalue weighted by atomic mass is 28.4. The third-order valence-corrected chi connectivity index (χ3v) is 8.83. The zero-order chi connectivity index (χ0) is 17.7. The summed E-state index contributed by atoms with van der Waals surface area (Å²) in [5.74, 6) is 0. The van der Waals surface area contributed by atoms with E-state index in [9.17, 15) is 4.80 Å². The first-order chi connectivity index (χ1) is 11.0. The van der Waals surface area contributed by atoms with E-state index in [2.05, 4.69) is 56.2 Å².